The first-order valence-electron chi connectivity index (χ1n) is 7.51. The van der Waals surface area contributed by atoms with Crippen molar-refractivity contribution in [1.82, 2.24) is 10.3 Å². The van der Waals surface area contributed by atoms with Gasteiger partial charge in [0.15, 0.2) is 0 Å². The molecule has 5 heteroatoms. The summed E-state index contributed by atoms with van der Waals surface area (Å²) in [5, 5.41) is 10.1. The van der Waals surface area contributed by atoms with Crippen LogP contribution in [0.25, 0.3) is 0 Å². The van der Waals surface area contributed by atoms with E-state index in [4.69, 9.17) is 0 Å². The Balaban J connectivity index is 1.82. The van der Waals surface area contributed by atoms with Crippen molar-refractivity contribution in [2.75, 3.05) is 36.5 Å². The maximum Gasteiger partial charge on any atom is 0.341 e. The maximum absolute atomic E-state index is 12.8. The Bertz CT molecular complexity index is 597. The number of hydrogen-bond donors (Lipinski definition) is 2. The number of urea groups is 1. The Morgan fingerprint density at radius 3 is 2.18 bits per heavy atom. The number of rotatable bonds is 3. The first kappa shape index (κ1) is 14.6. The van der Waals surface area contributed by atoms with Gasteiger partial charge in [-0.2, -0.15) is 0 Å². The second-order valence-electron chi connectivity index (χ2n) is 5.15. The van der Waals surface area contributed by atoms with E-state index in [-0.39, 0.29) is 6.03 Å². The number of carbonyl (C=O) groups is 1. The number of piperazine rings is 1. The van der Waals surface area contributed by atoms with Crippen LogP contribution in [0.2, 0.25) is 0 Å². The number of hydrogen-bond acceptors (Lipinski definition) is 3. The zero-order valence-corrected chi connectivity index (χ0v) is 12.4. The third kappa shape index (κ3) is 3.44. The van der Waals surface area contributed by atoms with Gasteiger partial charge in [-0.1, -0.05) is 36.4 Å². The highest BCUT2D eigenvalue weighted by molar-refractivity contribution is 6.01. The fraction of sp³-hybridized carbons (Fsp3) is 0.235. The van der Waals surface area contributed by atoms with E-state index in [2.05, 4.69) is 15.6 Å². The van der Waals surface area contributed by atoms with Crippen molar-refractivity contribution in [2.24, 2.45) is 0 Å². The van der Waals surface area contributed by atoms with Crippen LogP contribution < -0.4 is 15.6 Å². The molecule has 2 N–H and O–H groups in total. The fourth-order valence-corrected chi connectivity index (χ4v) is 2.53. The standard InChI is InChI=1S/C17H20N4O/c22-17(19-15-7-3-1-4-8-15)21(16-9-5-2-6-10-16)20-13-11-18-12-14-20/h1-10,18H,11-14H2,(H,19,22). The van der Waals surface area contributed by atoms with Gasteiger partial charge in [0, 0.05) is 31.9 Å². The number of para-hydroxylation sites is 2. The van der Waals surface area contributed by atoms with Gasteiger partial charge in [-0.3, -0.25) is 0 Å². The highest BCUT2D eigenvalue weighted by Crippen LogP contribution is 2.18. The van der Waals surface area contributed by atoms with Crippen molar-refractivity contribution in [1.29, 1.82) is 0 Å². The van der Waals surface area contributed by atoms with Gasteiger partial charge in [-0.25, -0.2) is 14.8 Å². The van der Waals surface area contributed by atoms with Gasteiger partial charge >= 0.3 is 6.03 Å². The highest BCUT2D eigenvalue weighted by atomic mass is 16.2. The Morgan fingerprint density at radius 2 is 1.55 bits per heavy atom. The lowest BCUT2D eigenvalue weighted by molar-refractivity contribution is 0.206. The molecule has 1 aliphatic rings. The van der Waals surface area contributed by atoms with Crippen LogP contribution in [0, 0.1) is 0 Å². The molecule has 0 unspecified atom stereocenters. The number of nitrogens with zero attached hydrogens (tertiary/aromatic N) is 2. The van der Waals surface area contributed by atoms with E-state index < -0.39 is 0 Å². The Morgan fingerprint density at radius 1 is 0.955 bits per heavy atom. The van der Waals surface area contributed by atoms with E-state index >= 15 is 0 Å². The zero-order valence-electron chi connectivity index (χ0n) is 12.4. The number of amides is 2. The normalized spacial score (nSPS) is 15.3. The fourth-order valence-electron chi connectivity index (χ4n) is 2.53. The second-order valence-corrected chi connectivity index (χ2v) is 5.15. The third-order valence-corrected chi connectivity index (χ3v) is 3.59. The molecule has 2 aromatic rings. The molecular formula is C17H20N4O. The van der Waals surface area contributed by atoms with Crippen molar-refractivity contribution in [3.05, 3.63) is 60.7 Å². The van der Waals surface area contributed by atoms with E-state index in [9.17, 15) is 4.79 Å². The number of carbonyl (C=O) groups excluding carboxylic acids is 1. The van der Waals surface area contributed by atoms with Crippen LogP contribution in [0.3, 0.4) is 0 Å². The first-order valence-corrected chi connectivity index (χ1v) is 7.51. The Labute approximate surface area is 130 Å². The van der Waals surface area contributed by atoms with Gasteiger partial charge in [-0.05, 0) is 24.3 Å². The summed E-state index contributed by atoms with van der Waals surface area (Å²) in [6.07, 6.45) is 0. The minimum absolute atomic E-state index is 0.140. The maximum atomic E-state index is 12.8. The quantitative estimate of drug-likeness (QED) is 0.915. The van der Waals surface area contributed by atoms with Crippen molar-refractivity contribution < 1.29 is 4.79 Å². The number of nitrogens with one attached hydrogen (secondary N) is 2. The SMILES string of the molecule is O=C(Nc1ccccc1)N(c1ccccc1)N1CCNCC1. The van der Waals surface area contributed by atoms with E-state index in [1.54, 1.807) is 5.01 Å². The summed E-state index contributed by atoms with van der Waals surface area (Å²) in [7, 11) is 0. The van der Waals surface area contributed by atoms with Crippen LogP contribution in [-0.4, -0.2) is 37.2 Å². The monoisotopic (exact) mass is 296 g/mol. The van der Waals surface area contributed by atoms with Crippen LogP contribution in [-0.2, 0) is 0 Å². The minimum atomic E-state index is -0.140. The van der Waals surface area contributed by atoms with Crippen LogP contribution in [0.4, 0.5) is 16.2 Å². The van der Waals surface area contributed by atoms with E-state index in [0.717, 1.165) is 37.6 Å². The highest BCUT2D eigenvalue weighted by Gasteiger charge is 2.24. The molecule has 3 rings (SSSR count). The summed E-state index contributed by atoms with van der Waals surface area (Å²) in [4.78, 5) is 12.8. The van der Waals surface area contributed by atoms with Crippen molar-refractivity contribution in [3.63, 3.8) is 0 Å². The second kappa shape index (κ2) is 7.06. The topological polar surface area (TPSA) is 47.6 Å². The summed E-state index contributed by atoms with van der Waals surface area (Å²) in [6, 6.07) is 19.1. The third-order valence-electron chi connectivity index (χ3n) is 3.59. The largest absolute Gasteiger partial charge is 0.341 e. The van der Waals surface area contributed by atoms with Gasteiger partial charge in [-0.15, -0.1) is 0 Å². The first-order chi connectivity index (χ1) is 10.8. The molecule has 0 spiro atoms. The van der Waals surface area contributed by atoms with Crippen LogP contribution in [0.15, 0.2) is 60.7 Å². The molecule has 2 amide bonds. The van der Waals surface area contributed by atoms with Gasteiger partial charge in [0.1, 0.15) is 0 Å². The molecule has 1 aliphatic heterocycles. The van der Waals surface area contributed by atoms with Crippen LogP contribution in [0.5, 0.6) is 0 Å². The zero-order chi connectivity index (χ0) is 15.2. The number of hydrazine groups is 1. The molecular weight excluding hydrogens is 276 g/mol. The molecule has 5 nitrogen and oxygen atoms in total. The molecule has 0 bridgehead atoms. The summed E-state index contributed by atoms with van der Waals surface area (Å²) < 4.78 is 0. The summed E-state index contributed by atoms with van der Waals surface area (Å²) >= 11 is 0. The number of anilines is 2. The van der Waals surface area contributed by atoms with E-state index in [1.165, 1.54) is 0 Å². The lowest BCUT2D eigenvalue weighted by Crippen LogP contribution is -2.56. The lowest BCUT2D eigenvalue weighted by atomic mass is 10.3. The predicted molar refractivity (Wildman–Crippen MR) is 88.8 cm³/mol. The predicted octanol–water partition coefficient (Wildman–Crippen LogP) is 2.55. The lowest BCUT2D eigenvalue weighted by Gasteiger charge is -2.37. The van der Waals surface area contributed by atoms with Crippen LogP contribution >= 0.6 is 0 Å². The summed E-state index contributed by atoms with van der Waals surface area (Å²) in [6.45, 7) is 3.36. The summed E-state index contributed by atoms with van der Waals surface area (Å²) in [5.74, 6) is 0. The molecule has 114 valence electrons. The molecule has 1 heterocycles. The molecule has 0 radical (unpaired) electrons. The smallest absolute Gasteiger partial charge is 0.314 e. The van der Waals surface area contributed by atoms with Gasteiger partial charge in [0.05, 0.1) is 5.69 Å². The van der Waals surface area contributed by atoms with Gasteiger partial charge in [0.2, 0.25) is 0 Å². The molecule has 22 heavy (non-hydrogen) atoms. The molecule has 1 fully saturated rings. The molecule has 1 saturated heterocycles. The molecule has 0 saturated carbocycles. The van der Waals surface area contributed by atoms with Crippen molar-refractivity contribution in [2.45, 2.75) is 0 Å². The minimum Gasteiger partial charge on any atom is -0.314 e. The summed E-state index contributed by atoms with van der Waals surface area (Å²) in [5.41, 5.74) is 1.67. The Kier molecular flexibility index (Phi) is 4.68. The van der Waals surface area contributed by atoms with Crippen LogP contribution in [0.1, 0.15) is 0 Å². The van der Waals surface area contributed by atoms with Crippen molar-refractivity contribution >= 4 is 17.4 Å². The molecule has 0 aromatic heterocycles. The number of benzene rings is 2. The molecule has 2 aromatic carbocycles. The van der Waals surface area contributed by atoms with E-state index in [0.29, 0.717) is 0 Å². The average Bonchev–Trinajstić information content (AvgIpc) is 2.58. The van der Waals surface area contributed by atoms with E-state index in [1.807, 2.05) is 60.7 Å². The molecule has 0 aliphatic carbocycles. The van der Waals surface area contributed by atoms with Crippen molar-refractivity contribution in [3.8, 4) is 0 Å². The Hall–Kier alpha value is -2.37. The average molecular weight is 296 g/mol. The van der Waals surface area contributed by atoms with Gasteiger partial charge < -0.3 is 10.6 Å². The molecule has 0 atom stereocenters. The van der Waals surface area contributed by atoms with Gasteiger partial charge in [0.25, 0.3) is 0 Å².